The molecular weight excluding hydrogens is 225 g/mol. The molecule has 90 valence electrons. The Hall–Kier alpha value is -1.88. The van der Waals surface area contributed by atoms with Gasteiger partial charge in [-0.2, -0.15) is 4.39 Å². The average molecular weight is 237 g/mol. The van der Waals surface area contributed by atoms with Crippen LogP contribution in [0.5, 0.6) is 0 Å². The van der Waals surface area contributed by atoms with E-state index in [9.17, 15) is 9.18 Å². The predicted octanol–water partition coefficient (Wildman–Crippen LogP) is 2.41. The topological polar surface area (TPSA) is 62.3 Å². The number of aromatic nitrogens is 1. The van der Waals surface area contributed by atoms with Gasteiger partial charge in [0, 0.05) is 29.3 Å². The van der Waals surface area contributed by atoms with Gasteiger partial charge < -0.3 is 14.8 Å². The number of aromatic amines is 1. The Morgan fingerprint density at radius 3 is 2.94 bits per heavy atom. The smallest absolute Gasteiger partial charge is 0.374 e. The Morgan fingerprint density at radius 1 is 1.53 bits per heavy atom. The van der Waals surface area contributed by atoms with Crippen LogP contribution in [-0.2, 0) is 15.4 Å². The van der Waals surface area contributed by atoms with Crippen LogP contribution in [0, 0.1) is 0 Å². The molecule has 17 heavy (non-hydrogen) atoms. The van der Waals surface area contributed by atoms with Gasteiger partial charge in [0.25, 0.3) is 0 Å². The minimum Gasteiger partial charge on any atom is -0.477 e. The molecule has 0 radical (unpaired) electrons. The van der Waals surface area contributed by atoms with E-state index < -0.39 is 11.8 Å². The standard InChI is InChI=1S/C12H12FNO3/c1-2-17-12(13,11(15)16)9-4-3-5-10-8(9)6-7-14-10/h3-7,14H,2H2,1H3,(H,15,16). The van der Waals surface area contributed by atoms with Crippen LogP contribution in [0.2, 0.25) is 0 Å². The van der Waals surface area contributed by atoms with E-state index in [4.69, 9.17) is 9.84 Å². The second-order valence-corrected chi connectivity index (χ2v) is 3.58. The van der Waals surface area contributed by atoms with Crippen molar-refractivity contribution in [2.75, 3.05) is 6.61 Å². The van der Waals surface area contributed by atoms with Gasteiger partial charge in [-0.05, 0) is 19.1 Å². The molecule has 0 amide bonds. The molecule has 1 unspecified atom stereocenters. The third-order valence-electron chi connectivity index (χ3n) is 2.56. The molecule has 2 aromatic rings. The highest BCUT2D eigenvalue weighted by Crippen LogP contribution is 2.33. The van der Waals surface area contributed by atoms with Gasteiger partial charge in [0.05, 0.1) is 0 Å². The minimum atomic E-state index is -2.81. The van der Waals surface area contributed by atoms with Crippen LogP contribution < -0.4 is 0 Å². The molecule has 1 aromatic heterocycles. The first-order valence-corrected chi connectivity index (χ1v) is 5.22. The largest absolute Gasteiger partial charge is 0.477 e. The van der Waals surface area contributed by atoms with Gasteiger partial charge in [0.1, 0.15) is 0 Å². The normalized spacial score (nSPS) is 14.7. The van der Waals surface area contributed by atoms with Crippen molar-refractivity contribution in [3.05, 3.63) is 36.0 Å². The van der Waals surface area contributed by atoms with Crippen LogP contribution in [0.4, 0.5) is 4.39 Å². The van der Waals surface area contributed by atoms with E-state index in [1.54, 1.807) is 31.3 Å². The lowest BCUT2D eigenvalue weighted by atomic mass is 10.0. The van der Waals surface area contributed by atoms with Gasteiger partial charge in [0.15, 0.2) is 0 Å². The molecule has 0 saturated carbocycles. The summed E-state index contributed by atoms with van der Waals surface area (Å²) in [5, 5.41) is 9.51. The van der Waals surface area contributed by atoms with Crippen LogP contribution in [0.15, 0.2) is 30.5 Å². The second kappa shape index (κ2) is 4.18. The van der Waals surface area contributed by atoms with Crippen molar-refractivity contribution in [2.24, 2.45) is 0 Å². The zero-order valence-corrected chi connectivity index (χ0v) is 9.24. The molecule has 1 aromatic carbocycles. The summed E-state index contributed by atoms with van der Waals surface area (Å²) in [5.74, 6) is -4.45. The second-order valence-electron chi connectivity index (χ2n) is 3.58. The van der Waals surface area contributed by atoms with Gasteiger partial charge in [0.2, 0.25) is 0 Å². The molecule has 0 fully saturated rings. The Morgan fingerprint density at radius 2 is 2.29 bits per heavy atom. The van der Waals surface area contributed by atoms with Crippen molar-refractivity contribution in [3.8, 4) is 0 Å². The monoisotopic (exact) mass is 237 g/mol. The van der Waals surface area contributed by atoms with Crippen molar-refractivity contribution in [2.45, 2.75) is 12.8 Å². The molecule has 4 nitrogen and oxygen atoms in total. The van der Waals surface area contributed by atoms with Gasteiger partial charge in [-0.25, -0.2) is 4.79 Å². The van der Waals surface area contributed by atoms with E-state index in [2.05, 4.69) is 4.98 Å². The van der Waals surface area contributed by atoms with Gasteiger partial charge in [-0.1, -0.05) is 12.1 Å². The van der Waals surface area contributed by atoms with Crippen LogP contribution in [-0.4, -0.2) is 22.7 Å². The van der Waals surface area contributed by atoms with E-state index in [0.717, 1.165) is 0 Å². The Kier molecular flexibility index (Phi) is 2.85. The Balaban J connectivity index is 2.64. The van der Waals surface area contributed by atoms with E-state index in [0.29, 0.717) is 10.9 Å². The molecule has 1 atom stereocenters. The highest BCUT2D eigenvalue weighted by molar-refractivity contribution is 5.89. The lowest BCUT2D eigenvalue weighted by molar-refractivity contribution is -0.197. The molecule has 0 saturated heterocycles. The summed E-state index contributed by atoms with van der Waals surface area (Å²) in [7, 11) is 0. The third-order valence-corrected chi connectivity index (χ3v) is 2.56. The number of fused-ring (bicyclic) bond motifs is 1. The number of rotatable bonds is 4. The first kappa shape index (κ1) is 11.6. The summed E-state index contributed by atoms with van der Waals surface area (Å²) in [6.45, 7) is 1.53. The summed E-state index contributed by atoms with van der Waals surface area (Å²) in [6.07, 6.45) is 1.63. The number of carbonyl (C=O) groups is 1. The minimum absolute atomic E-state index is 0.00519. The zero-order valence-electron chi connectivity index (χ0n) is 9.24. The fourth-order valence-electron chi connectivity index (χ4n) is 1.82. The van der Waals surface area contributed by atoms with E-state index in [1.807, 2.05) is 0 Å². The number of halogens is 1. The molecule has 5 heteroatoms. The molecule has 2 N–H and O–H groups in total. The van der Waals surface area contributed by atoms with Crippen LogP contribution >= 0.6 is 0 Å². The van der Waals surface area contributed by atoms with E-state index in [-0.39, 0.29) is 12.2 Å². The number of aliphatic carboxylic acids is 1. The number of ether oxygens (including phenoxy) is 1. The first-order valence-electron chi connectivity index (χ1n) is 5.22. The third kappa shape index (κ3) is 1.78. The van der Waals surface area contributed by atoms with Gasteiger partial charge in [-0.3, -0.25) is 0 Å². The number of carboxylic acids is 1. The van der Waals surface area contributed by atoms with Gasteiger partial charge in [-0.15, -0.1) is 0 Å². The predicted molar refractivity (Wildman–Crippen MR) is 60.3 cm³/mol. The molecule has 0 aliphatic rings. The maximum Gasteiger partial charge on any atom is 0.374 e. The van der Waals surface area contributed by atoms with E-state index in [1.165, 1.54) is 6.07 Å². The Bertz CT molecular complexity index is 551. The highest BCUT2D eigenvalue weighted by atomic mass is 19.2. The summed E-state index contributed by atoms with van der Waals surface area (Å²) in [5.41, 5.74) is 0.677. The van der Waals surface area contributed by atoms with Crippen molar-refractivity contribution >= 4 is 16.9 Å². The fourth-order valence-corrected chi connectivity index (χ4v) is 1.82. The highest BCUT2D eigenvalue weighted by Gasteiger charge is 2.43. The summed E-state index contributed by atoms with van der Waals surface area (Å²) in [6, 6.07) is 6.37. The molecule has 0 aliphatic carbocycles. The molecule has 0 bridgehead atoms. The zero-order chi connectivity index (χ0) is 12.5. The molecular formula is C12H12FNO3. The summed E-state index contributed by atoms with van der Waals surface area (Å²) in [4.78, 5) is 14.0. The Labute approximate surface area is 97.0 Å². The fraction of sp³-hybridized carbons (Fsp3) is 0.250. The number of benzene rings is 1. The van der Waals surface area contributed by atoms with Crippen molar-refractivity contribution in [3.63, 3.8) is 0 Å². The number of nitrogens with one attached hydrogen (secondary N) is 1. The average Bonchev–Trinajstić information content (AvgIpc) is 2.76. The van der Waals surface area contributed by atoms with Crippen LogP contribution in [0.3, 0.4) is 0 Å². The number of hydrogen-bond acceptors (Lipinski definition) is 2. The van der Waals surface area contributed by atoms with Crippen molar-refractivity contribution in [1.29, 1.82) is 0 Å². The maximum atomic E-state index is 14.4. The first-order chi connectivity index (χ1) is 8.09. The maximum absolute atomic E-state index is 14.4. The number of carboxylic acid groups (broad SMARTS) is 1. The SMILES string of the molecule is CCOC(F)(C(=O)O)c1cccc2[nH]ccc12. The molecule has 0 spiro atoms. The number of H-pyrrole nitrogens is 1. The molecule has 1 heterocycles. The molecule has 0 aliphatic heterocycles. The van der Waals surface area contributed by atoms with Crippen LogP contribution in [0.25, 0.3) is 10.9 Å². The van der Waals surface area contributed by atoms with Crippen molar-refractivity contribution in [1.82, 2.24) is 4.98 Å². The lowest BCUT2D eigenvalue weighted by Gasteiger charge is -2.21. The van der Waals surface area contributed by atoms with Crippen LogP contribution in [0.1, 0.15) is 12.5 Å². The quantitative estimate of drug-likeness (QED) is 0.858. The summed E-state index contributed by atoms with van der Waals surface area (Å²) < 4.78 is 19.2. The number of hydrogen-bond donors (Lipinski definition) is 2. The molecule has 2 rings (SSSR count). The lowest BCUT2D eigenvalue weighted by Crippen LogP contribution is -2.34. The van der Waals surface area contributed by atoms with E-state index >= 15 is 0 Å². The summed E-state index contributed by atoms with van der Waals surface area (Å²) >= 11 is 0. The van der Waals surface area contributed by atoms with Gasteiger partial charge >= 0.3 is 11.8 Å². The number of alkyl halides is 1. The van der Waals surface area contributed by atoms with Crippen molar-refractivity contribution < 1.29 is 19.0 Å².